The van der Waals surface area contributed by atoms with E-state index in [2.05, 4.69) is 23.7 Å². The molecule has 0 amide bonds. The van der Waals surface area contributed by atoms with Crippen molar-refractivity contribution in [3.8, 4) is 0 Å². The highest BCUT2D eigenvalue weighted by Crippen LogP contribution is 2.13. The van der Waals surface area contributed by atoms with Gasteiger partial charge in [-0.05, 0) is 26.1 Å². The summed E-state index contributed by atoms with van der Waals surface area (Å²) in [4.78, 5) is 2.34. The van der Waals surface area contributed by atoms with Gasteiger partial charge in [-0.15, -0.1) is 6.58 Å². The first-order chi connectivity index (χ1) is 7.81. The molecule has 0 aliphatic carbocycles. The smallest absolute Gasteiger partial charge is 0.122 e. The van der Waals surface area contributed by atoms with Crippen molar-refractivity contribution in [1.29, 1.82) is 0 Å². The van der Waals surface area contributed by atoms with E-state index in [0.29, 0.717) is 0 Å². The minimum atomic E-state index is 0.861. The molecule has 0 aliphatic heterocycles. The summed E-state index contributed by atoms with van der Waals surface area (Å²) in [6.45, 7) is 9.68. The molecule has 1 N–H and O–H groups in total. The van der Waals surface area contributed by atoms with Crippen LogP contribution in [0, 0.1) is 0 Å². The normalized spacial score (nSPS) is 10.9. The minimum Gasteiger partial charge on any atom is -0.468 e. The van der Waals surface area contributed by atoms with Crippen molar-refractivity contribution in [2.45, 2.75) is 26.4 Å². The Morgan fingerprint density at radius 1 is 1.56 bits per heavy atom. The molecule has 1 heterocycles. The second-order valence-electron chi connectivity index (χ2n) is 3.92. The van der Waals surface area contributed by atoms with E-state index in [4.69, 9.17) is 4.42 Å². The van der Waals surface area contributed by atoms with Crippen LogP contribution in [0.1, 0.15) is 24.7 Å². The molecule has 0 spiro atoms. The monoisotopic (exact) mass is 222 g/mol. The lowest BCUT2D eigenvalue weighted by Crippen LogP contribution is -2.24. The summed E-state index contributed by atoms with van der Waals surface area (Å²) in [6, 6.07) is 2.03. The number of nitrogens with zero attached hydrogens (tertiary/aromatic N) is 1. The fraction of sp³-hybridized carbons (Fsp3) is 0.538. The summed E-state index contributed by atoms with van der Waals surface area (Å²) in [5.74, 6) is 1.06. The number of hydrogen-bond acceptors (Lipinski definition) is 3. The zero-order valence-electron chi connectivity index (χ0n) is 10.3. The summed E-state index contributed by atoms with van der Waals surface area (Å²) in [5.41, 5.74) is 1.24. The summed E-state index contributed by atoms with van der Waals surface area (Å²) in [6.07, 6.45) is 4.85. The van der Waals surface area contributed by atoms with Crippen molar-refractivity contribution in [1.82, 2.24) is 10.2 Å². The highest BCUT2D eigenvalue weighted by atomic mass is 16.3. The third-order valence-corrected chi connectivity index (χ3v) is 2.50. The van der Waals surface area contributed by atoms with E-state index in [-0.39, 0.29) is 0 Å². The van der Waals surface area contributed by atoms with Gasteiger partial charge in [0.1, 0.15) is 5.76 Å². The summed E-state index contributed by atoms with van der Waals surface area (Å²) < 4.78 is 5.52. The summed E-state index contributed by atoms with van der Waals surface area (Å²) >= 11 is 0. The average Bonchev–Trinajstić information content (AvgIpc) is 2.67. The Labute approximate surface area is 98.1 Å². The van der Waals surface area contributed by atoms with E-state index < -0.39 is 0 Å². The van der Waals surface area contributed by atoms with Crippen molar-refractivity contribution in [3.05, 3.63) is 36.3 Å². The summed E-state index contributed by atoms with van der Waals surface area (Å²) in [7, 11) is 1.95. The van der Waals surface area contributed by atoms with Crippen LogP contribution >= 0.6 is 0 Å². The molecule has 1 aromatic heterocycles. The average molecular weight is 222 g/mol. The third-order valence-electron chi connectivity index (χ3n) is 2.50. The van der Waals surface area contributed by atoms with Gasteiger partial charge in [0.05, 0.1) is 12.8 Å². The Hall–Kier alpha value is -1.06. The molecular formula is C13H22N2O. The lowest BCUT2D eigenvalue weighted by atomic mass is 10.2. The Kier molecular flexibility index (Phi) is 5.90. The van der Waals surface area contributed by atoms with Gasteiger partial charge in [0.15, 0.2) is 0 Å². The predicted octanol–water partition coefficient (Wildman–Crippen LogP) is 2.40. The number of nitrogens with one attached hydrogen (secondary N) is 1. The van der Waals surface area contributed by atoms with Crippen molar-refractivity contribution >= 4 is 0 Å². The van der Waals surface area contributed by atoms with Crippen LogP contribution in [0.2, 0.25) is 0 Å². The van der Waals surface area contributed by atoms with E-state index >= 15 is 0 Å². The first-order valence-corrected chi connectivity index (χ1v) is 5.84. The van der Waals surface area contributed by atoms with E-state index in [1.807, 2.05) is 19.2 Å². The molecule has 0 saturated carbocycles. The molecule has 1 rings (SSSR count). The van der Waals surface area contributed by atoms with Gasteiger partial charge < -0.3 is 9.73 Å². The van der Waals surface area contributed by atoms with Crippen LogP contribution in [0.5, 0.6) is 0 Å². The summed E-state index contributed by atoms with van der Waals surface area (Å²) in [5, 5.41) is 3.15. The highest BCUT2D eigenvalue weighted by Gasteiger charge is 2.09. The number of hydrogen-bond donors (Lipinski definition) is 1. The van der Waals surface area contributed by atoms with Gasteiger partial charge in [0, 0.05) is 18.7 Å². The molecule has 3 heteroatoms. The van der Waals surface area contributed by atoms with E-state index in [9.17, 15) is 0 Å². The van der Waals surface area contributed by atoms with Crippen LogP contribution in [-0.4, -0.2) is 25.0 Å². The largest absolute Gasteiger partial charge is 0.468 e. The molecule has 0 unspecified atom stereocenters. The SMILES string of the molecule is C=CCN(CCC)Cc1occc1CNC. The van der Waals surface area contributed by atoms with Gasteiger partial charge in [0.2, 0.25) is 0 Å². The van der Waals surface area contributed by atoms with Crippen LogP contribution < -0.4 is 5.32 Å². The number of furan rings is 1. The Morgan fingerprint density at radius 2 is 2.38 bits per heavy atom. The molecule has 90 valence electrons. The molecule has 1 aromatic rings. The van der Waals surface area contributed by atoms with Gasteiger partial charge in [-0.25, -0.2) is 0 Å². The third kappa shape index (κ3) is 3.83. The van der Waals surface area contributed by atoms with Crippen molar-refractivity contribution in [2.24, 2.45) is 0 Å². The Balaban J connectivity index is 2.60. The van der Waals surface area contributed by atoms with Crippen LogP contribution in [0.4, 0.5) is 0 Å². The second kappa shape index (κ2) is 7.25. The molecule has 0 fully saturated rings. The lowest BCUT2D eigenvalue weighted by Gasteiger charge is -2.19. The molecule has 0 radical (unpaired) electrons. The maximum absolute atomic E-state index is 5.52. The quantitative estimate of drug-likeness (QED) is 0.685. The fourth-order valence-electron chi connectivity index (χ4n) is 1.79. The molecule has 0 saturated heterocycles. The minimum absolute atomic E-state index is 0.861. The lowest BCUT2D eigenvalue weighted by molar-refractivity contribution is 0.267. The topological polar surface area (TPSA) is 28.4 Å². The Bertz CT molecular complexity index is 307. The van der Waals surface area contributed by atoms with Gasteiger partial charge in [-0.1, -0.05) is 13.0 Å². The second-order valence-corrected chi connectivity index (χ2v) is 3.92. The van der Waals surface area contributed by atoms with Gasteiger partial charge in [0.25, 0.3) is 0 Å². The van der Waals surface area contributed by atoms with Crippen LogP contribution in [0.25, 0.3) is 0 Å². The van der Waals surface area contributed by atoms with Crippen molar-refractivity contribution in [3.63, 3.8) is 0 Å². The maximum Gasteiger partial charge on any atom is 0.122 e. The van der Waals surface area contributed by atoms with Crippen LogP contribution in [-0.2, 0) is 13.1 Å². The molecule has 3 nitrogen and oxygen atoms in total. The standard InChI is InChI=1S/C13H22N2O/c1-4-7-15(8-5-2)11-13-12(10-14-3)6-9-16-13/h4,6,9,14H,1,5,7-8,10-11H2,2-3H3. The van der Waals surface area contributed by atoms with E-state index in [0.717, 1.165) is 38.4 Å². The Morgan fingerprint density at radius 3 is 3.00 bits per heavy atom. The van der Waals surface area contributed by atoms with E-state index in [1.54, 1.807) is 6.26 Å². The molecule has 16 heavy (non-hydrogen) atoms. The molecule has 0 aromatic carbocycles. The molecule has 0 bridgehead atoms. The zero-order valence-corrected chi connectivity index (χ0v) is 10.3. The zero-order chi connectivity index (χ0) is 11.8. The molecule has 0 atom stereocenters. The molecular weight excluding hydrogens is 200 g/mol. The highest BCUT2D eigenvalue weighted by molar-refractivity contribution is 5.16. The maximum atomic E-state index is 5.52. The van der Waals surface area contributed by atoms with Crippen molar-refractivity contribution < 1.29 is 4.42 Å². The fourth-order valence-corrected chi connectivity index (χ4v) is 1.79. The number of rotatable bonds is 8. The van der Waals surface area contributed by atoms with Gasteiger partial charge >= 0.3 is 0 Å². The van der Waals surface area contributed by atoms with Crippen LogP contribution in [0.3, 0.4) is 0 Å². The first-order valence-electron chi connectivity index (χ1n) is 5.84. The predicted molar refractivity (Wildman–Crippen MR) is 67.2 cm³/mol. The van der Waals surface area contributed by atoms with Gasteiger partial charge in [-0.3, -0.25) is 4.90 Å². The van der Waals surface area contributed by atoms with Crippen LogP contribution in [0.15, 0.2) is 29.4 Å². The van der Waals surface area contributed by atoms with Crippen molar-refractivity contribution in [2.75, 3.05) is 20.1 Å². The van der Waals surface area contributed by atoms with E-state index in [1.165, 1.54) is 5.56 Å². The first kappa shape index (κ1) is 13.0. The molecule has 0 aliphatic rings. The van der Waals surface area contributed by atoms with Gasteiger partial charge in [-0.2, -0.15) is 0 Å².